The molecule has 4 heteroatoms. The van der Waals surface area contributed by atoms with Crippen LogP contribution < -0.4 is 23.4 Å². The summed E-state index contributed by atoms with van der Waals surface area (Å²) < 4.78 is 0. The highest BCUT2D eigenvalue weighted by atomic mass is 15.0. The third-order valence-electron chi connectivity index (χ3n) is 1.19. The molecule has 9 N–H and O–H groups in total. The zero-order valence-corrected chi connectivity index (χ0v) is 8.28. The number of hydrogen-bond acceptors (Lipinski definition) is 4. The average molecular weight is 164 g/mol. The normalized spacial score (nSPS) is 10.4. The van der Waals surface area contributed by atoms with Gasteiger partial charge in [0.25, 0.3) is 0 Å². The topological polar surface area (TPSA) is 108 Å². The van der Waals surface area contributed by atoms with Gasteiger partial charge in [-0.05, 0) is 13.8 Å². The van der Waals surface area contributed by atoms with Crippen LogP contribution in [-0.4, -0.2) is 18.1 Å². The van der Waals surface area contributed by atoms with Crippen molar-refractivity contribution >= 4 is 0 Å². The van der Waals surface area contributed by atoms with E-state index in [1.54, 1.807) is 0 Å². The third-order valence-corrected chi connectivity index (χ3v) is 1.19. The number of nitrogens with two attached hydrogens (primary N) is 1. The second kappa shape index (κ2) is 6.54. The van der Waals surface area contributed by atoms with Gasteiger partial charge in [-0.1, -0.05) is 13.8 Å². The summed E-state index contributed by atoms with van der Waals surface area (Å²) in [5.41, 5.74) is 5.58. The Balaban J connectivity index is -0.000000320. The molecule has 0 amide bonds. The molecule has 0 saturated heterocycles. The van der Waals surface area contributed by atoms with E-state index in [2.05, 4.69) is 33.0 Å². The molecule has 11 heavy (non-hydrogen) atoms. The van der Waals surface area contributed by atoms with Crippen LogP contribution in [0.25, 0.3) is 0 Å². The van der Waals surface area contributed by atoms with Gasteiger partial charge >= 0.3 is 0 Å². The van der Waals surface area contributed by atoms with E-state index in [1.165, 1.54) is 0 Å². The van der Waals surface area contributed by atoms with Crippen LogP contribution in [0.3, 0.4) is 0 Å². The van der Waals surface area contributed by atoms with Crippen LogP contribution in [0.2, 0.25) is 0 Å². The van der Waals surface area contributed by atoms with E-state index in [0.717, 1.165) is 0 Å². The number of rotatable bonds is 3. The quantitative estimate of drug-likeness (QED) is 0.500. The van der Waals surface area contributed by atoms with Crippen molar-refractivity contribution in [3.05, 3.63) is 0 Å². The molecule has 72 valence electrons. The monoisotopic (exact) mass is 164 g/mol. The Hall–Kier alpha value is -0.160. The van der Waals surface area contributed by atoms with Crippen LogP contribution in [0.5, 0.6) is 0 Å². The summed E-state index contributed by atoms with van der Waals surface area (Å²) in [6.07, 6.45) is 0. The van der Waals surface area contributed by atoms with Gasteiger partial charge in [-0.25, -0.2) is 0 Å². The van der Waals surface area contributed by atoms with Gasteiger partial charge < -0.3 is 23.4 Å². The maximum atomic E-state index is 5.49. The van der Waals surface area contributed by atoms with Gasteiger partial charge in [-0.3, -0.25) is 0 Å². The van der Waals surface area contributed by atoms with Crippen LogP contribution in [0.1, 0.15) is 27.7 Å². The minimum atomic E-state index is 0. The lowest BCUT2D eigenvalue weighted by molar-refractivity contribution is 0.364. The minimum Gasteiger partial charge on any atom is -0.344 e. The molecule has 0 spiro atoms. The van der Waals surface area contributed by atoms with Gasteiger partial charge in [-0.2, -0.15) is 0 Å². The molecule has 0 fully saturated rings. The molecule has 0 aliphatic carbocycles. The maximum Gasteiger partial charge on any atom is 0.0249 e. The summed E-state index contributed by atoms with van der Waals surface area (Å²) in [5.74, 6) is 0. The largest absolute Gasteiger partial charge is 0.344 e. The Bertz CT molecular complexity index is 80.5. The average Bonchev–Trinajstić information content (AvgIpc) is 1.63. The smallest absolute Gasteiger partial charge is 0.0249 e. The molecule has 0 aromatic carbocycles. The highest BCUT2D eigenvalue weighted by molar-refractivity contribution is 4.79. The van der Waals surface area contributed by atoms with Crippen molar-refractivity contribution in [2.45, 2.75) is 39.3 Å². The Kier molecular flexibility index (Phi) is 10.2. The van der Waals surface area contributed by atoms with Gasteiger partial charge in [0.2, 0.25) is 0 Å². The molecule has 0 bridgehead atoms. The fourth-order valence-corrected chi connectivity index (χ4v) is 0.840. The van der Waals surface area contributed by atoms with E-state index in [0.29, 0.717) is 12.6 Å². The second-order valence-electron chi connectivity index (χ2n) is 3.39. The van der Waals surface area contributed by atoms with Crippen molar-refractivity contribution in [1.82, 2.24) is 17.6 Å². The van der Waals surface area contributed by atoms with Gasteiger partial charge in [0, 0.05) is 18.1 Å². The predicted octanol–water partition coefficient (Wildman–Crippen LogP) is 1.05. The van der Waals surface area contributed by atoms with E-state index in [4.69, 9.17) is 5.73 Å². The summed E-state index contributed by atoms with van der Waals surface area (Å²) >= 11 is 0. The summed E-state index contributed by atoms with van der Waals surface area (Å²) in [7, 11) is 0. The molecular weight excluding hydrogens is 140 g/mol. The van der Waals surface area contributed by atoms with E-state index in [-0.39, 0.29) is 17.8 Å². The molecule has 0 radical (unpaired) electrons. The molecule has 0 aliphatic rings. The Morgan fingerprint density at radius 2 is 1.64 bits per heavy atom. The number of nitrogens with one attached hydrogen (secondary N) is 1. The molecule has 0 saturated carbocycles. The molecule has 0 heterocycles. The summed E-state index contributed by atoms with van der Waals surface area (Å²) in [5, 5.41) is 3.34. The SMILES string of the molecule is CC(C)NC(C)(C)CN.N.N. The van der Waals surface area contributed by atoms with Crippen molar-refractivity contribution in [2.75, 3.05) is 6.54 Å². The van der Waals surface area contributed by atoms with Gasteiger partial charge in [0.15, 0.2) is 0 Å². The summed E-state index contributed by atoms with van der Waals surface area (Å²) in [6, 6.07) is 0.517. The van der Waals surface area contributed by atoms with E-state index >= 15 is 0 Å². The Morgan fingerprint density at radius 1 is 1.27 bits per heavy atom. The van der Waals surface area contributed by atoms with Crippen LogP contribution in [0, 0.1) is 0 Å². The lowest BCUT2D eigenvalue weighted by Gasteiger charge is -2.26. The highest BCUT2D eigenvalue weighted by Gasteiger charge is 2.14. The van der Waals surface area contributed by atoms with Crippen LogP contribution in [0.15, 0.2) is 0 Å². The first kappa shape index (κ1) is 17.1. The zero-order valence-electron chi connectivity index (χ0n) is 8.28. The van der Waals surface area contributed by atoms with E-state index in [1.807, 2.05) is 0 Å². The van der Waals surface area contributed by atoms with Crippen molar-refractivity contribution in [3.63, 3.8) is 0 Å². The third kappa shape index (κ3) is 9.84. The fourth-order valence-electron chi connectivity index (χ4n) is 0.840. The van der Waals surface area contributed by atoms with Crippen molar-refractivity contribution in [3.8, 4) is 0 Å². The van der Waals surface area contributed by atoms with Crippen molar-refractivity contribution in [2.24, 2.45) is 5.73 Å². The maximum absolute atomic E-state index is 5.49. The lowest BCUT2D eigenvalue weighted by Crippen LogP contribution is -2.48. The Morgan fingerprint density at radius 3 is 1.73 bits per heavy atom. The first-order valence-corrected chi connectivity index (χ1v) is 3.46. The minimum absolute atomic E-state index is 0. The number of hydrogen-bond donors (Lipinski definition) is 4. The molecule has 4 nitrogen and oxygen atoms in total. The van der Waals surface area contributed by atoms with Gasteiger partial charge in [-0.15, -0.1) is 0 Å². The van der Waals surface area contributed by atoms with Crippen LogP contribution in [0.4, 0.5) is 0 Å². The summed E-state index contributed by atoms with van der Waals surface area (Å²) in [4.78, 5) is 0. The van der Waals surface area contributed by atoms with Gasteiger partial charge in [0.1, 0.15) is 0 Å². The standard InChI is InChI=1S/C7H18N2.2H3N/c1-6(2)9-7(3,4)5-8;;/h6,9H,5,8H2,1-4H3;2*1H3. The van der Waals surface area contributed by atoms with Crippen LogP contribution in [-0.2, 0) is 0 Å². The molecular formula is C7H24N4. The molecule has 0 rings (SSSR count). The fraction of sp³-hybridized carbons (Fsp3) is 1.00. The zero-order chi connectivity index (χ0) is 7.49. The molecule has 0 aliphatic heterocycles. The highest BCUT2D eigenvalue weighted by Crippen LogP contribution is 1.99. The Labute approximate surface area is 70.1 Å². The molecule has 0 atom stereocenters. The first-order chi connectivity index (χ1) is 3.98. The van der Waals surface area contributed by atoms with Crippen molar-refractivity contribution < 1.29 is 0 Å². The predicted molar refractivity (Wildman–Crippen MR) is 51.4 cm³/mol. The van der Waals surface area contributed by atoms with Crippen LogP contribution >= 0.6 is 0 Å². The molecule has 0 aromatic heterocycles. The van der Waals surface area contributed by atoms with Crippen molar-refractivity contribution in [1.29, 1.82) is 0 Å². The lowest BCUT2D eigenvalue weighted by atomic mass is 10.1. The second-order valence-corrected chi connectivity index (χ2v) is 3.39. The van der Waals surface area contributed by atoms with Gasteiger partial charge in [0.05, 0.1) is 0 Å². The van der Waals surface area contributed by atoms with E-state index in [9.17, 15) is 0 Å². The first-order valence-electron chi connectivity index (χ1n) is 3.46. The van der Waals surface area contributed by atoms with E-state index < -0.39 is 0 Å². The molecule has 0 aromatic rings. The summed E-state index contributed by atoms with van der Waals surface area (Å²) in [6.45, 7) is 9.14. The molecule has 0 unspecified atom stereocenters.